The van der Waals surface area contributed by atoms with Crippen molar-refractivity contribution < 1.29 is 9.53 Å². The molecule has 1 unspecified atom stereocenters. The predicted octanol–water partition coefficient (Wildman–Crippen LogP) is 1.56. The highest BCUT2D eigenvalue weighted by atomic mass is 79.9. The first-order valence-corrected chi connectivity index (χ1v) is 6.75. The van der Waals surface area contributed by atoms with Crippen molar-refractivity contribution in [1.29, 1.82) is 0 Å². The van der Waals surface area contributed by atoms with Crippen LogP contribution in [-0.4, -0.2) is 37.0 Å². The Kier molecular flexibility index (Phi) is 4.24. The Balaban J connectivity index is 2.01. The van der Waals surface area contributed by atoms with Crippen molar-refractivity contribution in [1.82, 2.24) is 4.90 Å². The van der Waals surface area contributed by atoms with Crippen molar-refractivity contribution in [3.05, 3.63) is 28.2 Å². The zero-order valence-corrected chi connectivity index (χ0v) is 11.9. The minimum atomic E-state index is 0.136. The molecule has 18 heavy (non-hydrogen) atoms. The van der Waals surface area contributed by atoms with Crippen molar-refractivity contribution >= 4 is 21.8 Å². The van der Waals surface area contributed by atoms with Gasteiger partial charge in [-0.1, -0.05) is 6.07 Å². The molecule has 1 atom stereocenters. The number of nitrogens with zero attached hydrogens (tertiary/aromatic N) is 1. The third-order valence-corrected chi connectivity index (χ3v) is 3.77. The van der Waals surface area contributed by atoms with Gasteiger partial charge >= 0.3 is 0 Å². The van der Waals surface area contributed by atoms with E-state index in [9.17, 15) is 4.79 Å². The first kappa shape index (κ1) is 13.4. The summed E-state index contributed by atoms with van der Waals surface area (Å²) in [5.41, 5.74) is 6.78. The van der Waals surface area contributed by atoms with Gasteiger partial charge in [-0.2, -0.15) is 0 Å². The van der Waals surface area contributed by atoms with Crippen molar-refractivity contribution in [3.8, 4) is 5.75 Å². The van der Waals surface area contributed by atoms with Gasteiger partial charge in [-0.05, 0) is 40.0 Å². The van der Waals surface area contributed by atoms with Crippen molar-refractivity contribution in [2.75, 3.05) is 20.2 Å². The molecular weight excluding hydrogens is 296 g/mol. The Morgan fingerprint density at radius 1 is 1.61 bits per heavy atom. The number of carbonyl (C=O) groups is 1. The number of ether oxygens (including phenoxy) is 1. The fourth-order valence-electron chi connectivity index (χ4n) is 2.12. The number of benzene rings is 1. The van der Waals surface area contributed by atoms with Crippen LogP contribution in [0.1, 0.15) is 12.0 Å². The largest absolute Gasteiger partial charge is 0.496 e. The molecule has 0 spiro atoms. The molecule has 0 aromatic heterocycles. The molecule has 1 fully saturated rings. The summed E-state index contributed by atoms with van der Waals surface area (Å²) in [7, 11) is 1.62. The topological polar surface area (TPSA) is 55.6 Å². The summed E-state index contributed by atoms with van der Waals surface area (Å²) in [6.07, 6.45) is 1.31. The zero-order valence-electron chi connectivity index (χ0n) is 10.4. The van der Waals surface area contributed by atoms with Gasteiger partial charge in [0.15, 0.2) is 0 Å². The second kappa shape index (κ2) is 5.71. The van der Waals surface area contributed by atoms with E-state index in [2.05, 4.69) is 15.9 Å². The molecule has 0 saturated carbocycles. The molecule has 2 rings (SSSR count). The summed E-state index contributed by atoms with van der Waals surface area (Å²) in [6.45, 7) is 1.45. The molecule has 1 aliphatic rings. The fourth-order valence-corrected chi connectivity index (χ4v) is 2.71. The molecule has 0 aliphatic carbocycles. The molecule has 98 valence electrons. The van der Waals surface area contributed by atoms with Gasteiger partial charge < -0.3 is 15.4 Å². The number of likely N-dealkylation sites (tertiary alicyclic amines) is 1. The fraction of sp³-hybridized carbons (Fsp3) is 0.462. The Hall–Kier alpha value is -1.07. The number of halogens is 1. The number of amides is 1. The maximum absolute atomic E-state index is 12.0. The van der Waals surface area contributed by atoms with E-state index in [4.69, 9.17) is 10.5 Å². The second-order valence-corrected chi connectivity index (χ2v) is 5.39. The van der Waals surface area contributed by atoms with Crippen molar-refractivity contribution in [2.45, 2.75) is 18.9 Å². The molecule has 1 aliphatic heterocycles. The van der Waals surface area contributed by atoms with Gasteiger partial charge in [-0.15, -0.1) is 0 Å². The number of rotatable bonds is 3. The van der Waals surface area contributed by atoms with Gasteiger partial charge in [0.25, 0.3) is 0 Å². The van der Waals surface area contributed by atoms with E-state index in [0.717, 1.165) is 28.8 Å². The quantitative estimate of drug-likeness (QED) is 0.921. The van der Waals surface area contributed by atoms with E-state index in [1.54, 1.807) is 7.11 Å². The number of carbonyl (C=O) groups excluding carboxylic acids is 1. The highest BCUT2D eigenvalue weighted by molar-refractivity contribution is 9.10. The molecule has 1 amide bonds. The van der Waals surface area contributed by atoms with Crippen LogP contribution in [0, 0.1) is 0 Å². The maximum Gasteiger partial charge on any atom is 0.227 e. The molecule has 1 aromatic carbocycles. The lowest BCUT2D eigenvalue weighted by Gasteiger charge is -2.16. The Bertz CT molecular complexity index is 451. The summed E-state index contributed by atoms with van der Waals surface area (Å²) in [5, 5.41) is 0. The Morgan fingerprint density at radius 3 is 2.94 bits per heavy atom. The third kappa shape index (κ3) is 3.03. The molecule has 0 radical (unpaired) electrons. The van der Waals surface area contributed by atoms with Gasteiger partial charge in [0, 0.05) is 19.1 Å². The summed E-state index contributed by atoms with van der Waals surface area (Å²) in [6, 6.07) is 5.84. The van der Waals surface area contributed by atoms with Gasteiger partial charge in [-0.3, -0.25) is 4.79 Å². The lowest BCUT2D eigenvalue weighted by Crippen LogP contribution is -2.32. The summed E-state index contributed by atoms with van der Waals surface area (Å²) < 4.78 is 6.03. The average Bonchev–Trinajstić information content (AvgIpc) is 2.76. The molecular formula is C13H17BrN2O2. The minimum absolute atomic E-state index is 0.136. The van der Waals surface area contributed by atoms with Crippen LogP contribution in [0.5, 0.6) is 5.75 Å². The van der Waals surface area contributed by atoms with E-state index in [0.29, 0.717) is 13.0 Å². The van der Waals surface area contributed by atoms with Crippen LogP contribution < -0.4 is 10.5 Å². The standard InChI is InChI=1S/C13H17BrN2O2/c1-18-12-3-2-9(6-11(12)14)7-13(17)16-5-4-10(15)8-16/h2-3,6,10H,4-5,7-8,15H2,1H3. The smallest absolute Gasteiger partial charge is 0.227 e. The Morgan fingerprint density at radius 2 is 2.39 bits per heavy atom. The van der Waals surface area contributed by atoms with Crippen LogP contribution in [-0.2, 0) is 11.2 Å². The van der Waals surface area contributed by atoms with Gasteiger partial charge in [0.05, 0.1) is 18.0 Å². The SMILES string of the molecule is COc1ccc(CC(=O)N2CCC(N)C2)cc1Br. The maximum atomic E-state index is 12.0. The van der Waals surface area contributed by atoms with E-state index < -0.39 is 0 Å². The van der Waals surface area contributed by atoms with E-state index in [-0.39, 0.29) is 11.9 Å². The van der Waals surface area contributed by atoms with Crippen molar-refractivity contribution in [2.24, 2.45) is 5.73 Å². The zero-order chi connectivity index (χ0) is 13.1. The summed E-state index contributed by atoms with van der Waals surface area (Å²) in [5.74, 6) is 0.911. The highest BCUT2D eigenvalue weighted by Crippen LogP contribution is 2.26. The molecule has 0 bridgehead atoms. The molecule has 2 N–H and O–H groups in total. The minimum Gasteiger partial charge on any atom is -0.496 e. The van der Waals surface area contributed by atoms with Crippen molar-refractivity contribution in [3.63, 3.8) is 0 Å². The van der Waals surface area contributed by atoms with E-state index in [1.807, 2.05) is 23.1 Å². The predicted molar refractivity (Wildman–Crippen MR) is 73.6 cm³/mol. The number of hydrogen-bond donors (Lipinski definition) is 1. The van der Waals surface area contributed by atoms with Gasteiger partial charge in [-0.25, -0.2) is 0 Å². The first-order chi connectivity index (χ1) is 8.60. The molecule has 1 saturated heterocycles. The molecule has 1 aromatic rings. The summed E-state index contributed by atoms with van der Waals surface area (Å²) >= 11 is 3.42. The first-order valence-electron chi connectivity index (χ1n) is 5.96. The Labute approximate surface area is 115 Å². The van der Waals surface area contributed by atoms with Crippen LogP contribution in [0.4, 0.5) is 0 Å². The monoisotopic (exact) mass is 312 g/mol. The van der Waals surface area contributed by atoms with E-state index in [1.165, 1.54) is 0 Å². The van der Waals surface area contributed by atoms with Crippen LogP contribution in [0.2, 0.25) is 0 Å². The van der Waals surface area contributed by atoms with E-state index >= 15 is 0 Å². The number of methoxy groups -OCH3 is 1. The highest BCUT2D eigenvalue weighted by Gasteiger charge is 2.23. The number of hydrogen-bond acceptors (Lipinski definition) is 3. The van der Waals surface area contributed by atoms with Crippen LogP contribution in [0.3, 0.4) is 0 Å². The van der Waals surface area contributed by atoms with Crippen LogP contribution in [0.15, 0.2) is 22.7 Å². The average molecular weight is 313 g/mol. The lowest BCUT2D eigenvalue weighted by molar-refractivity contribution is -0.129. The van der Waals surface area contributed by atoms with Gasteiger partial charge in [0.1, 0.15) is 5.75 Å². The van der Waals surface area contributed by atoms with Crippen LogP contribution in [0.25, 0.3) is 0 Å². The lowest BCUT2D eigenvalue weighted by atomic mass is 10.1. The molecule has 5 heteroatoms. The number of nitrogens with two attached hydrogens (primary N) is 1. The molecule has 4 nitrogen and oxygen atoms in total. The normalized spacial score (nSPS) is 19.1. The third-order valence-electron chi connectivity index (χ3n) is 3.15. The summed E-state index contributed by atoms with van der Waals surface area (Å²) in [4.78, 5) is 13.9. The van der Waals surface area contributed by atoms with Crippen LogP contribution >= 0.6 is 15.9 Å². The van der Waals surface area contributed by atoms with Gasteiger partial charge in [0.2, 0.25) is 5.91 Å². The second-order valence-electron chi connectivity index (χ2n) is 4.53. The molecule has 1 heterocycles.